The fourth-order valence-electron chi connectivity index (χ4n) is 1.62. The number of hydrogen-bond acceptors (Lipinski definition) is 1. The number of hydrogen-bond donors (Lipinski definition) is 0. The van der Waals surface area contributed by atoms with Crippen LogP contribution in [0.4, 0.5) is 0 Å². The Morgan fingerprint density at radius 3 is 2.00 bits per heavy atom. The first-order valence-corrected chi connectivity index (χ1v) is 7.84. The van der Waals surface area contributed by atoms with Crippen LogP contribution in [0.2, 0.25) is 0 Å². The van der Waals surface area contributed by atoms with Gasteiger partial charge in [0, 0.05) is 9.35 Å². The van der Waals surface area contributed by atoms with E-state index in [0.29, 0.717) is 0 Å². The standard InChI is InChI=1S/C14H14Br2S/c1-14(2,3)10-6-4-9(5-7-10)12-8-11(15)13(16)17-12/h4-8H,1-3H3. The summed E-state index contributed by atoms with van der Waals surface area (Å²) in [6, 6.07) is 11.0. The summed E-state index contributed by atoms with van der Waals surface area (Å²) in [4.78, 5) is 1.28. The van der Waals surface area contributed by atoms with Crippen molar-refractivity contribution in [1.82, 2.24) is 0 Å². The van der Waals surface area contributed by atoms with Crippen LogP contribution in [0.15, 0.2) is 38.6 Å². The van der Waals surface area contributed by atoms with Crippen LogP contribution in [0.3, 0.4) is 0 Å². The highest BCUT2D eigenvalue weighted by Gasteiger charge is 2.13. The van der Waals surface area contributed by atoms with E-state index in [0.717, 1.165) is 8.26 Å². The molecule has 0 saturated heterocycles. The zero-order valence-electron chi connectivity index (χ0n) is 10.1. The van der Waals surface area contributed by atoms with Gasteiger partial charge in [0.1, 0.15) is 0 Å². The maximum Gasteiger partial charge on any atom is 0.0846 e. The van der Waals surface area contributed by atoms with Gasteiger partial charge in [0.2, 0.25) is 0 Å². The van der Waals surface area contributed by atoms with Gasteiger partial charge in [0.05, 0.1) is 3.79 Å². The average molecular weight is 374 g/mol. The minimum atomic E-state index is 0.217. The van der Waals surface area contributed by atoms with Crippen LogP contribution in [-0.2, 0) is 5.41 Å². The molecule has 0 unspecified atom stereocenters. The second-order valence-electron chi connectivity index (χ2n) is 5.06. The van der Waals surface area contributed by atoms with Crippen molar-refractivity contribution in [2.45, 2.75) is 26.2 Å². The molecular weight excluding hydrogens is 360 g/mol. The molecule has 2 rings (SSSR count). The molecule has 0 aliphatic rings. The predicted molar refractivity (Wildman–Crippen MR) is 83.9 cm³/mol. The smallest absolute Gasteiger partial charge is 0.0846 e. The Bertz CT molecular complexity index is 499. The van der Waals surface area contributed by atoms with Crippen molar-refractivity contribution in [3.8, 4) is 10.4 Å². The molecule has 0 atom stereocenters. The number of benzene rings is 1. The van der Waals surface area contributed by atoms with Gasteiger partial charge in [-0.2, -0.15) is 0 Å². The lowest BCUT2D eigenvalue weighted by molar-refractivity contribution is 0.590. The van der Waals surface area contributed by atoms with E-state index in [4.69, 9.17) is 0 Å². The lowest BCUT2D eigenvalue weighted by atomic mass is 9.86. The fraction of sp³-hybridized carbons (Fsp3) is 0.286. The Labute approximate surface area is 123 Å². The molecule has 0 nitrogen and oxygen atoms in total. The second kappa shape index (κ2) is 4.87. The zero-order chi connectivity index (χ0) is 12.6. The molecule has 0 saturated carbocycles. The van der Waals surface area contributed by atoms with E-state index < -0.39 is 0 Å². The van der Waals surface area contributed by atoms with E-state index in [1.54, 1.807) is 11.3 Å². The summed E-state index contributed by atoms with van der Waals surface area (Å²) < 4.78 is 2.27. The van der Waals surface area contributed by atoms with Crippen LogP contribution in [0, 0.1) is 0 Å². The monoisotopic (exact) mass is 372 g/mol. The maximum atomic E-state index is 3.53. The third kappa shape index (κ3) is 3.01. The summed E-state index contributed by atoms with van der Waals surface area (Å²) in [7, 11) is 0. The van der Waals surface area contributed by atoms with Gasteiger partial charge in [-0.05, 0) is 54.5 Å². The van der Waals surface area contributed by atoms with E-state index in [2.05, 4.69) is 83.0 Å². The van der Waals surface area contributed by atoms with Gasteiger partial charge in [-0.1, -0.05) is 45.0 Å². The van der Waals surface area contributed by atoms with Gasteiger partial charge in [-0.3, -0.25) is 0 Å². The average Bonchev–Trinajstić information content (AvgIpc) is 2.58. The molecule has 90 valence electrons. The van der Waals surface area contributed by atoms with Crippen molar-refractivity contribution in [3.63, 3.8) is 0 Å². The van der Waals surface area contributed by atoms with Crippen LogP contribution in [0.25, 0.3) is 10.4 Å². The van der Waals surface area contributed by atoms with E-state index in [-0.39, 0.29) is 5.41 Å². The molecule has 0 bridgehead atoms. The molecular formula is C14H14Br2S. The van der Waals surface area contributed by atoms with E-state index in [1.807, 2.05) is 0 Å². The minimum absolute atomic E-state index is 0.217. The van der Waals surface area contributed by atoms with Crippen molar-refractivity contribution in [1.29, 1.82) is 0 Å². The van der Waals surface area contributed by atoms with Crippen molar-refractivity contribution < 1.29 is 0 Å². The van der Waals surface area contributed by atoms with Crippen molar-refractivity contribution in [3.05, 3.63) is 44.2 Å². The summed E-state index contributed by atoms with van der Waals surface area (Å²) in [5.41, 5.74) is 2.86. The van der Waals surface area contributed by atoms with Crippen molar-refractivity contribution >= 4 is 43.2 Å². The summed E-state index contributed by atoms with van der Waals surface area (Å²) >= 11 is 8.80. The Morgan fingerprint density at radius 2 is 1.59 bits per heavy atom. The third-order valence-corrected chi connectivity index (χ3v) is 5.99. The zero-order valence-corrected chi connectivity index (χ0v) is 14.0. The highest BCUT2D eigenvalue weighted by Crippen LogP contribution is 2.38. The Hall–Kier alpha value is -0.120. The molecule has 17 heavy (non-hydrogen) atoms. The Morgan fingerprint density at radius 1 is 1.00 bits per heavy atom. The molecule has 1 heterocycles. The molecule has 2 aromatic rings. The van der Waals surface area contributed by atoms with Crippen LogP contribution in [0.1, 0.15) is 26.3 Å². The first-order valence-electron chi connectivity index (χ1n) is 5.43. The molecule has 1 aromatic carbocycles. The molecule has 0 aliphatic carbocycles. The van der Waals surface area contributed by atoms with E-state index >= 15 is 0 Å². The summed E-state index contributed by atoms with van der Waals surface area (Å²) in [5.74, 6) is 0. The highest BCUT2D eigenvalue weighted by molar-refractivity contribution is 9.13. The molecule has 1 aromatic heterocycles. The number of halogens is 2. The predicted octanol–water partition coefficient (Wildman–Crippen LogP) is 6.24. The molecule has 0 radical (unpaired) electrons. The van der Waals surface area contributed by atoms with Gasteiger partial charge in [0.25, 0.3) is 0 Å². The molecule has 0 amide bonds. The quantitative estimate of drug-likeness (QED) is 0.555. The van der Waals surface area contributed by atoms with Gasteiger partial charge in [-0.25, -0.2) is 0 Å². The first kappa shape index (κ1) is 13.3. The van der Waals surface area contributed by atoms with Gasteiger partial charge < -0.3 is 0 Å². The second-order valence-corrected chi connectivity index (χ2v) is 8.28. The Kier molecular flexibility index (Phi) is 3.81. The summed E-state index contributed by atoms with van der Waals surface area (Å²) in [5, 5.41) is 0. The molecule has 0 N–H and O–H groups in total. The first-order chi connectivity index (χ1) is 7.88. The van der Waals surface area contributed by atoms with Crippen LogP contribution >= 0.6 is 43.2 Å². The molecule has 0 spiro atoms. The molecule has 3 heteroatoms. The van der Waals surface area contributed by atoms with Crippen LogP contribution in [-0.4, -0.2) is 0 Å². The van der Waals surface area contributed by atoms with Crippen molar-refractivity contribution in [2.75, 3.05) is 0 Å². The highest BCUT2D eigenvalue weighted by atomic mass is 79.9. The Balaban J connectivity index is 2.36. The largest absolute Gasteiger partial charge is 0.127 e. The van der Waals surface area contributed by atoms with Gasteiger partial charge in [0.15, 0.2) is 0 Å². The number of thiophene rings is 1. The van der Waals surface area contributed by atoms with Crippen molar-refractivity contribution in [2.24, 2.45) is 0 Å². The van der Waals surface area contributed by atoms with Gasteiger partial charge in [-0.15, -0.1) is 11.3 Å². The van der Waals surface area contributed by atoms with Gasteiger partial charge >= 0.3 is 0 Å². The SMILES string of the molecule is CC(C)(C)c1ccc(-c2cc(Br)c(Br)s2)cc1. The molecule has 0 aliphatic heterocycles. The number of rotatable bonds is 1. The maximum absolute atomic E-state index is 3.53. The lowest BCUT2D eigenvalue weighted by Crippen LogP contribution is -2.10. The minimum Gasteiger partial charge on any atom is -0.127 e. The third-order valence-electron chi connectivity index (χ3n) is 2.68. The van der Waals surface area contributed by atoms with Crippen LogP contribution < -0.4 is 0 Å². The van der Waals surface area contributed by atoms with E-state index in [1.165, 1.54) is 16.0 Å². The lowest BCUT2D eigenvalue weighted by Gasteiger charge is -2.18. The van der Waals surface area contributed by atoms with E-state index in [9.17, 15) is 0 Å². The normalized spacial score (nSPS) is 11.8. The fourth-order valence-corrected chi connectivity index (χ4v) is 3.66. The van der Waals surface area contributed by atoms with Crippen LogP contribution in [0.5, 0.6) is 0 Å². The summed E-state index contributed by atoms with van der Waals surface area (Å²) in [6.07, 6.45) is 0. The topological polar surface area (TPSA) is 0 Å². The molecule has 0 fully saturated rings. The summed E-state index contributed by atoms with van der Waals surface area (Å²) in [6.45, 7) is 6.71.